The molecule has 1 aromatic carbocycles. The molecule has 0 heterocycles. The van der Waals surface area contributed by atoms with Crippen LogP contribution in [0.5, 0.6) is 0 Å². The highest BCUT2D eigenvalue weighted by molar-refractivity contribution is 8.23. The molecule has 0 amide bonds. The zero-order chi connectivity index (χ0) is 9.68. The highest BCUT2D eigenvalue weighted by Gasteiger charge is 1.96. The lowest BCUT2D eigenvalue weighted by Crippen LogP contribution is -1.72. The Labute approximate surface area is 88.1 Å². The summed E-state index contributed by atoms with van der Waals surface area (Å²) >= 11 is 3.24. The molecule has 0 aliphatic carbocycles. The second kappa shape index (κ2) is 5.20. The van der Waals surface area contributed by atoms with E-state index in [4.69, 9.17) is 0 Å². The van der Waals surface area contributed by atoms with Crippen molar-refractivity contribution in [3.63, 3.8) is 0 Å². The Morgan fingerprint density at radius 1 is 1.31 bits per heavy atom. The van der Waals surface area contributed by atoms with Gasteiger partial charge in [0.15, 0.2) is 0 Å². The van der Waals surface area contributed by atoms with E-state index in [1.54, 1.807) is 28.9 Å². The topological polar surface area (TPSA) is 0 Å². The smallest absolute Gasteiger partial charge is 0.0420 e. The average Bonchev–Trinajstić information content (AvgIpc) is 2.09. The fourth-order valence-corrected chi connectivity index (χ4v) is 2.26. The quantitative estimate of drug-likeness (QED) is 0.671. The first-order valence-corrected chi connectivity index (χ1v) is 5.63. The maximum absolute atomic E-state index is 3.92. The van der Waals surface area contributed by atoms with Crippen molar-refractivity contribution in [3.8, 4) is 0 Å². The van der Waals surface area contributed by atoms with Gasteiger partial charge in [-0.2, -0.15) is 0 Å². The number of hydrogen-bond acceptors (Lipinski definition) is 2. The van der Waals surface area contributed by atoms with Crippen LogP contribution in [0.25, 0.3) is 0 Å². The predicted molar refractivity (Wildman–Crippen MR) is 64.0 cm³/mol. The molecule has 0 nitrogen and oxygen atoms in total. The number of rotatable bonds is 4. The predicted octanol–water partition coefficient (Wildman–Crippen LogP) is 4.44. The molecule has 0 spiro atoms. The molecule has 1 aromatic rings. The summed E-state index contributed by atoms with van der Waals surface area (Å²) in [6.07, 6.45) is 0. The summed E-state index contributed by atoms with van der Waals surface area (Å²) in [5.74, 6) is 0. The standard InChI is InChI=1S/C11H12S2/c1-4-12-10(3)13-11-7-5-9(2)6-8-11/h4-8H,1,3H2,2H3. The van der Waals surface area contributed by atoms with Gasteiger partial charge in [0.25, 0.3) is 0 Å². The van der Waals surface area contributed by atoms with Gasteiger partial charge in [-0.3, -0.25) is 0 Å². The van der Waals surface area contributed by atoms with Crippen molar-refractivity contribution in [1.29, 1.82) is 0 Å². The SMILES string of the molecule is C=CSC(=C)Sc1ccc(C)cc1. The van der Waals surface area contributed by atoms with E-state index in [-0.39, 0.29) is 0 Å². The van der Waals surface area contributed by atoms with E-state index in [1.165, 1.54) is 10.5 Å². The van der Waals surface area contributed by atoms with Crippen molar-refractivity contribution in [3.05, 3.63) is 52.6 Å². The molecule has 13 heavy (non-hydrogen) atoms. The van der Waals surface area contributed by atoms with Crippen molar-refractivity contribution in [2.24, 2.45) is 0 Å². The normalized spacial score (nSPS) is 9.62. The van der Waals surface area contributed by atoms with Gasteiger partial charge >= 0.3 is 0 Å². The monoisotopic (exact) mass is 208 g/mol. The molecule has 0 unspecified atom stereocenters. The third-order valence-electron chi connectivity index (χ3n) is 1.47. The van der Waals surface area contributed by atoms with Gasteiger partial charge in [0.2, 0.25) is 0 Å². The summed E-state index contributed by atoms with van der Waals surface area (Å²) in [5, 5.41) is 1.80. The Hall–Kier alpha value is -0.600. The molecule has 0 atom stereocenters. The molecule has 0 bridgehead atoms. The first kappa shape index (κ1) is 10.5. The van der Waals surface area contributed by atoms with Crippen LogP contribution in [0.2, 0.25) is 0 Å². The van der Waals surface area contributed by atoms with Crippen LogP contribution in [-0.4, -0.2) is 0 Å². The van der Waals surface area contributed by atoms with Gasteiger partial charge in [-0.25, -0.2) is 0 Å². The average molecular weight is 208 g/mol. The van der Waals surface area contributed by atoms with E-state index >= 15 is 0 Å². The Bertz CT molecular complexity index is 298. The summed E-state index contributed by atoms with van der Waals surface area (Å²) in [4.78, 5) is 1.23. The molecule has 0 radical (unpaired) electrons. The van der Waals surface area contributed by atoms with Crippen molar-refractivity contribution >= 4 is 23.5 Å². The minimum absolute atomic E-state index is 1.05. The van der Waals surface area contributed by atoms with Crippen LogP contribution in [-0.2, 0) is 0 Å². The van der Waals surface area contributed by atoms with Crippen LogP contribution < -0.4 is 0 Å². The Morgan fingerprint density at radius 3 is 2.46 bits per heavy atom. The summed E-state index contributed by atoms with van der Waals surface area (Å²) in [7, 11) is 0. The fourth-order valence-electron chi connectivity index (χ4n) is 0.855. The van der Waals surface area contributed by atoms with E-state index < -0.39 is 0 Å². The molecule has 0 saturated heterocycles. The van der Waals surface area contributed by atoms with Gasteiger partial charge in [0.05, 0.1) is 0 Å². The van der Waals surface area contributed by atoms with Gasteiger partial charge in [-0.15, -0.1) is 0 Å². The molecule has 0 saturated carbocycles. The Morgan fingerprint density at radius 2 is 1.92 bits per heavy atom. The third-order valence-corrected chi connectivity index (χ3v) is 3.17. The van der Waals surface area contributed by atoms with Crippen LogP contribution in [0, 0.1) is 6.92 Å². The second-order valence-corrected chi connectivity index (χ2v) is 5.06. The zero-order valence-corrected chi connectivity index (χ0v) is 9.25. The van der Waals surface area contributed by atoms with Crippen LogP contribution in [0.4, 0.5) is 0 Å². The number of aryl methyl sites for hydroxylation is 1. The fraction of sp³-hybridized carbons (Fsp3) is 0.0909. The summed E-state index contributed by atoms with van der Waals surface area (Å²) < 4.78 is 1.05. The van der Waals surface area contributed by atoms with Crippen LogP contribution in [0.1, 0.15) is 5.56 Å². The molecule has 2 heteroatoms. The molecule has 0 N–H and O–H groups in total. The van der Waals surface area contributed by atoms with Gasteiger partial charge in [0.1, 0.15) is 0 Å². The largest absolute Gasteiger partial charge is 0.0923 e. The summed E-state index contributed by atoms with van der Waals surface area (Å²) in [6.45, 7) is 9.65. The third kappa shape index (κ3) is 3.75. The first-order valence-electron chi connectivity index (χ1n) is 3.93. The molecule has 0 fully saturated rings. The van der Waals surface area contributed by atoms with Gasteiger partial charge in [-0.1, -0.05) is 54.4 Å². The van der Waals surface area contributed by atoms with E-state index in [1.807, 2.05) is 0 Å². The van der Waals surface area contributed by atoms with Crippen molar-refractivity contribution in [1.82, 2.24) is 0 Å². The van der Waals surface area contributed by atoms with Gasteiger partial charge < -0.3 is 0 Å². The van der Waals surface area contributed by atoms with Crippen LogP contribution in [0.15, 0.2) is 52.0 Å². The van der Waals surface area contributed by atoms with Crippen molar-refractivity contribution < 1.29 is 0 Å². The molecule has 1 rings (SSSR count). The molecule has 0 aliphatic heterocycles. The van der Waals surface area contributed by atoms with E-state index in [2.05, 4.69) is 44.3 Å². The van der Waals surface area contributed by atoms with Gasteiger partial charge in [0, 0.05) is 9.13 Å². The van der Waals surface area contributed by atoms with E-state index in [0.29, 0.717) is 0 Å². The van der Waals surface area contributed by atoms with Crippen molar-refractivity contribution in [2.45, 2.75) is 11.8 Å². The maximum Gasteiger partial charge on any atom is 0.0420 e. The molecule has 0 aromatic heterocycles. The van der Waals surface area contributed by atoms with Crippen LogP contribution in [0.3, 0.4) is 0 Å². The molecular weight excluding hydrogens is 196 g/mol. The summed E-state index contributed by atoms with van der Waals surface area (Å²) in [5.41, 5.74) is 1.28. The van der Waals surface area contributed by atoms with E-state index in [0.717, 1.165) is 4.24 Å². The Balaban J connectivity index is 2.59. The summed E-state index contributed by atoms with van der Waals surface area (Å²) in [6, 6.07) is 8.42. The second-order valence-electron chi connectivity index (χ2n) is 2.57. The molecule has 0 aliphatic rings. The highest BCUT2D eigenvalue weighted by atomic mass is 32.2. The lowest BCUT2D eigenvalue weighted by atomic mass is 10.2. The lowest BCUT2D eigenvalue weighted by molar-refractivity contribution is 1.38. The minimum atomic E-state index is 1.05. The zero-order valence-electron chi connectivity index (χ0n) is 7.62. The molecule has 68 valence electrons. The number of hydrogen-bond donors (Lipinski definition) is 0. The van der Waals surface area contributed by atoms with Crippen LogP contribution >= 0.6 is 23.5 Å². The minimum Gasteiger partial charge on any atom is -0.0923 e. The van der Waals surface area contributed by atoms with E-state index in [9.17, 15) is 0 Å². The lowest BCUT2D eigenvalue weighted by Gasteiger charge is -2.01. The Kier molecular flexibility index (Phi) is 4.19. The molecular formula is C11H12S2. The number of benzene rings is 1. The van der Waals surface area contributed by atoms with Crippen molar-refractivity contribution in [2.75, 3.05) is 0 Å². The number of thioether (sulfide) groups is 2. The van der Waals surface area contributed by atoms with Gasteiger partial charge in [-0.05, 0) is 24.5 Å². The highest BCUT2D eigenvalue weighted by Crippen LogP contribution is 2.33. The maximum atomic E-state index is 3.92. The first-order chi connectivity index (χ1) is 6.22.